The molecule has 4 aliphatic rings. The van der Waals surface area contributed by atoms with E-state index in [9.17, 15) is 9.59 Å². The Morgan fingerprint density at radius 3 is 2.36 bits per heavy atom. The van der Waals surface area contributed by atoms with Crippen molar-refractivity contribution < 1.29 is 4.79 Å². The quantitative estimate of drug-likeness (QED) is 0.901. The lowest BCUT2D eigenvalue weighted by Gasteiger charge is -2.59. The molecule has 1 amide bonds. The Labute approximate surface area is 130 Å². The second-order valence-corrected chi connectivity index (χ2v) is 7.92. The third kappa shape index (κ3) is 2.29. The van der Waals surface area contributed by atoms with E-state index in [0.29, 0.717) is 11.0 Å². The largest absolute Gasteiger partial charge is 0.349 e. The summed E-state index contributed by atoms with van der Waals surface area (Å²) in [6, 6.07) is 3.23. The molecule has 4 saturated carbocycles. The van der Waals surface area contributed by atoms with Gasteiger partial charge in [0.2, 0.25) is 5.56 Å². The molecule has 0 radical (unpaired) electrons. The van der Waals surface area contributed by atoms with Gasteiger partial charge in [0.1, 0.15) is 0 Å². The molecule has 4 bridgehead atoms. The zero-order valence-corrected chi connectivity index (χ0v) is 13.1. The molecule has 1 aromatic heterocycles. The Morgan fingerprint density at radius 1 is 1.23 bits per heavy atom. The molecule has 5 rings (SSSR count). The van der Waals surface area contributed by atoms with Crippen LogP contribution < -0.4 is 10.9 Å². The summed E-state index contributed by atoms with van der Waals surface area (Å²) in [5.74, 6) is 2.52. The molecule has 0 spiro atoms. The highest BCUT2D eigenvalue weighted by atomic mass is 16.2. The van der Waals surface area contributed by atoms with Gasteiger partial charge in [-0.25, -0.2) is 0 Å². The van der Waals surface area contributed by atoms with E-state index in [0.717, 1.165) is 17.8 Å². The Hall–Kier alpha value is -1.58. The maximum Gasteiger partial charge on any atom is 0.251 e. The fraction of sp³-hybridized carbons (Fsp3) is 0.667. The van der Waals surface area contributed by atoms with Gasteiger partial charge in [-0.05, 0) is 74.7 Å². The first-order valence-electron chi connectivity index (χ1n) is 8.54. The number of amides is 1. The fourth-order valence-corrected chi connectivity index (χ4v) is 5.73. The lowest BCUT2D eigenvalue weighted by Crippen LogP contribution is -2.55. The topological polar surface area (TPSA) is 62.0 Å². The van der Waals surface area contributed by atoms with Gasteiger partial charge in [-0.15, -0.1) is 0 Å². The van der Waals surface area contributed by atoms with Crippen LogP contribution in [0.4, 0.5) is 0 Å². The number of aromatic nitrogens is 1. The van der Waals surface area contributed by atoms with Crippen LogP contribution in [0.5, 0.6) is 0 Å². The summed E-state index contributed by atoms with van der Waals surface area (Å²) in [5.41, 5.74) is 0.529. The highest BCUT2D eigenvalue weighted by Crippen LogP contribution is 2.61. The smallest absolute Gasteiger partial charge is 0.251 e. The Bertz CT molecular complexity index is 613. The second kappa shape index (κ2) is 4.97. The van der Waals surface area contributed by atoms with Crippen LogP contribution in [0.3, 0.4) is 0 Å². The summed E-state index contributed by atoms with van der Waals surface area (Å²) >= 11 is 0. The third-order valence-electron chi connectivity index (χ3n) is 6.39. The van der Waals surface area contributed by atoms with Gasteiger partial charge in [-0.1, -0.05) is 0 Å². The molecule has 0 aromatic carbocycles. The molecule has 4 nitrogen and oxygen atoms in total. The average Bonchev–Trinajstić information content (AvgIpc) is 2.45. The predicted octanol–water partition coefficient (Wildman–Crippen LogP) is 2.71. The van der Waals surface area contributed by atoms with Crippen molar-refractivity contribution >= 4 is 5.91 Å². The minimum Gasteiger partial charge on any atom is -0.349 e. The van der Waals surface area contributed by atoms with Crippen molar-refractivity contribution in [3.05, 3.63) is 34.2 Å². The van der Waals surface area contributed by atoms with E-state index in [1.807, 2.05) is 0 Å². The first kappa shape index (κ1) is 14.0. The first-order valence-corrected chi connectivity index (χ1v) is 8.54. The number of carbonyl (C=O) groups is 1. The summed E-state index contributed by atoms with van der Waals surface area (Å²) in [6.07, 6.45) is 9.59. The summed E-state index contributed by atoms with van der Waals surface area (Å²) < 4.78 is 0. The van der Waals surface area contributed by atoms with E-state index in [-0.39, 0.29) is 17.5 Å². The molecule has 1 atom stereocenters. The normalized spacial score (nSPS) is 37.0. The van der Waals surface area contributed by atoms with Crippen molar-refractivity contribution in [1.82, 2.24) is 10.3 Å². The van der Waals surface area contributed by atoms with Crippen molar-refractivity contribution in [2.24, 2.45) is 23.2 Å². The van der Waals surface area contributed by atoms with E-state index in [4.69, 9.17) is 0 Å². The molecule has 22 heavy (non-hydrogen) atoms. The highest BCUT2D eigenvalue weighted by Gasteiger charge is 2.53. The molecule has 4 fully saturated rings. The Morgan fingerprint density at radius 2 is 1.82 bits per heavy atom. The van der Waals surface area contributed by atoms with E-state index < -0.39 is 0 Å². The van der Waals surface area contributed by atoms with Gasteiger partial charge < -0.3 is 10.3 Å². The summed E-state index contributed by atoms with van der Waals surface area (Å²) in [5, 5.41) is 3.19. The summed E-state index contributed by atoms with van der Waals surface area (Å²) in [6.45, 7) is 2.16. The van der Waals surface area contributed by atoms with Crippen LogP contribution in [0.15, 0.2) is 23.1 Å². The van der Waals surface area contributed by atoms with Gasteiger partial charge in [0.25, 0.3) is 5.91 Å². The molecule has 1 heterocycles. The summed E-state index contributed by atoms with van der Waals surface area (Å²) in [4.78, 5) is 26.4. The standard InChI is InChI=1S/C18H24N2O2/c1-11(20-17(22)15-2-3-19-16(21)7-15)18-8-12-4-13(9-18)6-14(5-12)10-18/h2-3,7,11-14H,4-6,8-10H2,1H3,(H,19,21)(H,20,22). The predicted molar refractivity (Wildman–Crippen MR) is 84.6 cm³/mol. The first-order chi connectivity index (χ1) is 10.5. The lowest BCUT2D eigenvalue weighted by atomic mass is 9.48. The molecule has 1 unspecified atom stereocenters. The van der Waals surface area contributed by atoms with Gasteiger partial charge in [0.05, 0.1) is 0 Å². The van der Waals surface area contributed by atoms with E-state index in [1.165, 1.54) is 50.8 Å². The number of hydrogen-bond acceptors (Lipinski definition) is 2. The van der Waals surface area contributed by atoms with Gasteiger partial charge in [0.15, 0.2) is 0 Å². The zero-order valence-electron chi connectivity index (χ0n) is 13.1. The van der Waals surface area contributed by atoms with Crippen molar-refractivity contribution in [3.8, 4) is 0 Å². The molecule has 0 aliphatic heterocycles. The van der Waals surface area contributed by atoms with Crippen LogP contribution >= 0.6 is 0 Å². The van der Waals surface area contributed by atoms with Crippen LogP contribution in [0.2, 0.25) is 0 Å². The van der Waals surface area contributed by atoms with Crippen molar-refractivity contribution in [2.45, 2.75) is 51.5 Å². The van der Waals surface area contributed by atoms with Gasteiger partial charge >= 0.3 is 0 Å². The average molecular weight is 300 g/mol. The number of carbonyl (C=O) groups excluding carboxylic acids is 1. The minimum absolute atomic E-state index is 0.116. The third-order valence-corrected chi connectivity index (χ3v) is 6.39. The molecular formula is C18H24N2O2. The number of H-pyrrole nitrogens is 1. The molecular weight excluding hydrogens is 276 g/mol. The van der Waals surface area contributed by atoms with Crippen LogP contribution in [-0.4, -0.2) is 16.9 Å². The van der Waals surface area contributed by atoms with Crippen molar-refractivity contribution in [3.63, 3.8) is 0 Å². The number of pyridine rings is 1. The van der Waals surface area contributed by atoms with E-state index >= 15 is 0 Å². The van der Waals surface area contributed by atoms with Crippen LogP contribution in [0.25, 0.3) is 0 Å². The van der Waals surface area contributed by atoms with Crippen molar-refractivity contribution in [1.29, 1.82) is 0 Å². The van der Waals surface area contributed by atoms with Gasteiger partial charge in [0, 0.05) is 23.9 Å². The lowest BCUT2D eigenvalue weighted by molar-refractivity contribution is -0.0688. The van der Waals surface area contributed by atoms with Gasteiger partial charge in [-0.3, -0.25) is 9.59 Å². The molecule has 2 N–H and O–H groups in total. The Balaban J connectivity index is 1.51. The number of hydrogen-bond donors (Lipinski definition) is 2. The van der Waals surface area contributed by atoms with E-state index in [1.54, 1.807) is 6.07 Å². The summed E-state index contributed by atoms with van der Waals surface area (Å²) in [7, 11) is 0. The molecule has 118 valence electrons. The maximum absolute atomic E-state index is 12.4. The number of aromatic amines is 1. The Kier molecular flexibility index (Phi) is 3.17. The van der Waals surface area contributed by atoms with Crippen LogP contribution in [0, 0.1) is 23.2 Å². The SMILES string of the molecule is CC(NC(=O)c1cc[nH]c(=O)c1)C12CC3CC(CC(C3)C1)C2. The van der Waals surface area contributed by atoms with Crippen molar-refractivity contribution in [2.75, 3.05) is 0 Å². The monoisotopic (exact) mass is 300 g/mol. The van der Waals surface area contributed by atoms with Crippen LogP contribution in [0.1, 0.15) is 55.8 Å². The number of rotatable bonds is 3. The van der Waals surface area contributed by atoms with Crippen LogP contribution in [-0.2, 0) is 0 Å². The fourth-order valence-electron chi connectivity index (χ4n) is 5.73. The minimum atomic E-state index is -0.227. The zero-order chi connectivity index (χ0) is 15.3. The highest BCUT2D eigenvalue weighted by molar-refractivity contribution is 5.94. The maximum atomic E-state index is 12.4. The van der Waals surface area contributed by atoms with E-state index in [2.05, 4.69) is 17.2 Å². The molecule has 4 heteroatoms. The second-order valence-electron chi connectivity index (χ2n) is 7.92. The number of nitrogens with one attached hydrogen (secondary N) is 2. The van der Waals surface area contributed by atoms with Gasteiger partial charge in [-0.2, -0.15) is 0 Å². The molecule has 1 aromatic rings. The molecule has 4 aliphatic carbocycles. The molecule has 0 saturated heterocycles.